The molecule has 0 saturated carbocycles. The van der Waals surface area contributed by atoms with Crippen LogP contribution in [0.1, 0.15) is 29.7 Å². The molecule has 1 heteroatoms. The first-order chi connectivity index (χ1) is 10.4. The normalized spacial score (nSPS) is 13.7. The van der Waals surface area contributed by atoms with Crippen LogP contribution < -0.4 is 0 Å². The zero-order chi connectivity index (χ0) is 14.1. The van der Waals surface area contributed by atoms with Crippen LogP contribution >= 0.6 is 0 Å². The molecule has 1 aliphatic rings. The summed E-state index contributed by atoms with van der Waals surface area (Å²) in [5.74, 6) is 0. The molecule has 4 rings (SSSR count). The maximum atomic E-state index is 2.55. The van der Waals surface area contributed by atoms with E-state index in [1.54, 1.807) is 11.3 Å². The fourth-order valence-corrected chi connectivity index (χ4v) is 3.77. The van der Waals surface area contributed by atoms with Crippen LogP contribution in [0.2, 0.25) is 0 Å². The van der Waals surface area contributed by atoms with E-state index >= 15 is 0 Å². The molecule has 0 atom stereocenters. The molecular weight excluding hydrogens is 254 g/mol. The molecule has 1 nitrogen and oxygen atoms in total. The van der Waals surface area contributed by atoms with Crippen LogP contribution in [0.3, 0.4) is 0 Å². The molecule has 1 aliphatic heterocycles. The lowest BCUT2D eigenvalue weighted by atomic mass is 10.0. The fraction of sp³-hybridized carbons (Fsp3) is 0.300. The number of hydrogen-bond donors (Lipinski definition) is 0. The van der Waals surface area contributed by atoms with Crippen LogP contribution in [-0.4, -0.2) is 4.57 Å². The van der Waals surface area contributed by atoms with Gasteiger partial charge in [0.2, 0.25) is 0 Å². The lowest BCUT2D eigenvalue weighted by Gasteiger charge is -2.04. The van der Waals surface area contributed by atoms with E-state index in [1.807, 2.05) is 0 Å². The highest BCUT2D eigenvalue weighted by molar-refractivity contribution is 5.86. The van der Waals surface area contributed by atoms with Gasteiger partial charge >= 0.3 is 0 Å². The molecule has 2 aromatic carbocycles. The van der Waals surface area contributed by atoms with Crippen LogP contribution in [-0.2, 0) is 25.8 Å². The predicted octanol–water partition coefficient (Wildman–Crippen LogP) is 4.76. The lowest BCUT2D eigenvalue weighted by molar-refractivity contribution is 0.771. The van der Waals surface area contributed by atoms with Gasteiger partial charge in [-0.25, -0.2) is 0 Å². The van der Waals surface area contributed by atoms with Crippen molar-refractivity contribution in [2.45, 2.75) is 38.6 Å². The van der Waals surface area contributed by atoms with E-state index < -0.39 is 0 Å². The number of nitrogens with zero attached hydrogens (tertiary/aromatic N) is 1. The molecule has 0 saturated heterocycles. The number of rotatable bonds is 4. The van der Waals surface area contributed by atoms with Crippen molar-refractivity contribution in [2.24, 2.45) is 0 Å². The topological polar surface area (TPSA) is 4.93 Å². The highest BCUT2D eigenvalue weighted by Crippen LogP contribution is 2.32. The standard InChI is InChI=1S/C20H21N/c1-2-8-16(9-3-1)10-6-12-18-17-11-4-5-13-19(17)21-15-7-14-20(18)21/h1-5,8-9,11,13H,6-7,10,12,14-15H2. The van der Waals surface area contributed by atoms with Crippen molar-refractivity contribution < 1.29 is 0 Å². The second kappa shape index (κ2) is 5.40. The zero-order valence-corrected chi connectivity index (χ0v) is 12.4. The SMILES string of the molecule is c1ccc(CCCc2c3n(c4ccccc24)CCC3)cc1. The molecule has 0 unspecified atom stereocenters. The van der Waals surface area contributed by atoms with Crippen molar-refractivity contribution in [2.75, 3.05) is 0 Å². The minimum absolute atomic E-state index is 1.18. The number of para-hydroxylation sites is 1. The molecular formula is C20H21N. The third-order valence-corrected chi connectivity index (χ3v) is 4.72. The van der Waals surface area contributed by atoms with Gasteiger partial charge in [0.1, 0.15) is 0 Å². The van der Waals surface area contributed by atoms with E-state index in [9.17, 15) is 0 Å². The molecule has 0 radical (unpaired) electrons. The Morgan fingerprint density at radius 2 is 1.67 bits per heavy atom. The Hall–Kier alpha value is -2.02. The summed E-state index contributed by atoms with van der Waals surface area (Å²) in [5, 5.41) is 1.49. The van der Waals surface area contributed by atoms with Gasteiger partial charge in [-0.3, -0.25) is 0 Å². The largest absolute Gasteiger partial charge is 0.344 e. The Morgan fingerprint density at radius 3 is 2.57 bits per heavy atom. The van der Waals surface area contributed by atoms with Crippen molar-refractivity contribution >= 4 is 10.9 Å². The van der Waals surface area contributed by atoms with E-state index in [-0.39, 0.29) is 0 Å². The molecule has 0 N–H and O–H groups in total. The van der Waals surface area contributed by atoms with E-state index in [1.165, 1.54) is 55.1 Å². The summed E-state index contributed by atoms with van der Waals surface area (Å²) in [6.07, 6.45) is 6.20. The molecule has 0 spiro atoms. The third kappa shape index (κ3) is 2.27. The van der Waals surface area contributed by atoms with Gasteiger partial charge in [0.15, 0.2) is 0 Å². The Labute approximate surface area is 126 Å². The first kappa shape index (κ1) is 12.7. The minimum atomic E-state index is 1.18. The van der Waals surface area contributed by atoms with Gasteiger partial charge in [-0.2, -0.15) is 0 Å². The van der Waals surface area contributed by atoms with Crippen molar-refractivity contribution in [3.63, 3.8) is 0 Å². The Balaban J connectivity index is 1.59. The molecule has 0 fully saturated rings. The average molecular weight is 275 g/mol. The summed E-state index contributed by atoms with van der Waals surface area (Å²) in [5.41, 5.74) is 6.11. The predicted molar refractivity (Wildman–Crippen MR) is 88.7 cm³/mol. The summed E-state index contributed by atoms with van der Waals surface area (Å²) < 4.78 is 2.55. The van der Waals surface area contributed by atoms with Gasteiger partial charge in [0.05, 0.1) is 0 Å². The minimum Gasteiger partial charge on any atom is -0.344 e. The molecule has 1 aromatic heterocycles. The highest BCUT2D eigenvalue weighted by atomic mass is 15.0. The number of benzene rings is 2. The van der Waals surface area contributed by atoms with E-state index in [4.69, 9.17) is 0 Å². The van der Waals surface area contributed by atoms with Gasteiger partial charge in [-0.1, -0.05) is 48.5 Å². The smallest absolute Gasteiger partial charge is 0.0485 e. The van der Waals surface area contributed by atoms with Gasteiger partial charge in [0, 0.05) is 23.1 Å². The van der Waals surface area contributed by atoms with Gasteiger partial charge < -0.3 is 4.57 Å². The van der Waals surface area contributed by atoms with Crippen molar-refractivity contribution in [1.29, 1.82) is 0 Å². The van der Waals surface area contributed by atoms with Gasteiger partial charge in [-0.05, 0) is 49.3 Å². The van der Waals surface area contributed by atoms with Crippen LogP contribution in [0.4, 0.5) is 0 Å². The van der Waals surface area contributed by atoms with Crippen molar-refractivity contribution in [1.82, 2.24) is 4.57 Å². The summed E-state index contributed by atoms with van der Waals surface area (Å²) in [6, 6.07) is 19.8. The Bertz CT molecular complexity index is 752. The zero-order valence-electron chi connectivity index (χ0n) is 12.4. The molecule has 0 aliphatic carbocycles. The molecule has 0 amide bonds. The number of aromatic nitrogens is 1. The monoisotopic (exact) mass is 275 g/mol. The maximum Gasteiger partial charge on any atom is 0.0485 e. The number of hydrogen-bond acceptors (Lipinski definition) is 0. The van der Waals surface area contributed by atoms with E-state index in [2.05, 4.69) is 59.2 Å². The summed E-state index contributed by atoms with van der Waals surface area (Å²) in [4.78, 5) is 0. The lowest BCUT2D eigenvalue weighted by Crippen LogP contribution is -1.94. The van der Waals surface area contributed by atoms with Crippen LogP contribution in [0.5, 0.6) is 0 Å². The molecule has 2 heterocycles. The molecule has 106 valence electrons. The summed E-state index contributed by atoms with van der Waals surface area (Å²) >= 11 is 0. The maximum absolute atomic E-state index is 2.55. The molecule has 3 aromatic rings. The van der Waals surface area contributed by atoms with E-state index in [0.717, 1.165) is 0 Å². The highest BCUT2D eigenvalue weighted by Gasteiger charge is 2.20. The van der Waals surface area contributed by atoms with Crippen LogP contribution in [0.25, 0.3) is 10.9 Å². The third-order valence-electron chi connectivity index (χ3n) is 4.72. The van der Waals surface area contributed by atoms with Crippen LogP contribution in [0.15, 0.2) is 54.6 Å². The quantitative estimate of drug-likeness (QED) is 0.647. The average Bonchev–Trinajstić information content (AvgIpc) is 3.11. The summed E-state index contributed by atoms with van der Waals surface area (Å²) in [7, 11) is 0. The van der Waals surface area contributed by atoms with E-state index in [0.29, 0.717) is 0 Å². The first-order valence-electron chi connectivity index (χ1n) is 8.06. The van der Waals surface area contributed by atoms with Crippen LogP contribution in [0, 0.1) is 0 Å². The second-order valence-corrected chi connectivity index (χ2v) is 6.04. The fourth-order valence-electron chi connectivity index (χ4n) is 3.77. The molecule has 0 bridgehead atoms. The Kier molecular flexibility index (Phi) is 3.27. The summed E-state index contributed by atoms with van der Waals surface area (Å²) in [6.45, 7) is 1.20. The van der Waals surface area contributed by atoms with Crippen molar-refractivity contribution in [3.8, 4) is 0 Å². The molecule has 21 heavy (non-hydrogen) atoms. The second-order valence-electron chi connectivity index (χ2n) is 6.04. The number of aryl methyl sites for hydroxylation is 3. The first-order valence-corrected chi connectivity index (χ1v) is 8.06. The van der Waals surface area contributed by atoms with Gasteiger partial charge in [0.25, 0.3) is 0 Å². The number of fused-ring (bicyclic) bond motifs is 3. The van der Waals surface area contributed by atoms with Crippen molar-refractivity contribution in [3.05, 3.63) is 71.4 Å². The Morgan fingerprint density at radius 1 is 0.857 bits per heavy atom. The van der Waals surface area contributed by atoms with Gasteiger partial charge in [-0.15, -0.1) is 0 Å².